The van der Waals surface area contributed by atoms with Crippen molar-refractivity contribution in [2.75, 3.05) is 0 Å². The average Bonchev–Trinajstić information content (AvgIpc) is 2.42. The molecule has 0 aliphatic rings. The molecule has 2 aromatic rings. The first-order valence-corrected chi connectivity index (χ1v) is 8.23. The Morgan fingerprint density at radius 3 is 2.67 bits per heavy atom. The highest BCUT2D eigenvalue weighted by Crippen LogP contribution is 2.26. The molecule has 0 spiro atoms. The molecule has 0 aromatic heterocycles. The van der Waals surface area contributed by atoms with E-state index in [1.165, 1.54) is 30.3 Å². The van der Waals surface area contributed by atoms with Gasteiger partial charge in [-0.2, -0.15) is 0 Å². The monoisotopic (exact) mass is 390 g/mol. The van der Waals surface area contributed by atoms with Gasteiger partial charge in [-0.05, 0) is 30.3 Å². The number of rotatable bonds is 4. The van der Waals surface area contributed by atoms with E-state index in [1.807, 2.05) is 0 Å². The van der Waals surface area contributed by atoms with E-state index in [4.69, 9.17) is 16.7 Å². The fraction of sp³-hybridized carbons (Fsp3) is 0.0714. The van der Waals surface area contributed by atoms with Crippen molar-refractivity contribution in [1.29, 1.82) is 0 Å². The molecule has 7 heteroatoms. The van der Waals surface area contributed by atoms with Crippen LogP contribution in [0.15, 0.2) is 45.8 Å². The Labute approximate surface area is 136 Å². The van der Waals surface area contributed by atoms with Crippen molar-refractivity contribution < 1.29 is 18.5 Å². The second-order valence-electron chi connectivity index (χ2n) is 4.14. The Kier molecular flexibility index (Phi) is 5.13. The first kappa shape index (κ1) is 16.1. The van der Waals surface area contributed by atoms with E-state index in [9.17, 15) is 13.4 Å². The smallest absolute Gasteiger partial charge is 0.336 e. The molecule has 2 aromatic carbocycles. The zero-order chi connectivity index (χ0) is 15.6. The summed E-state index contributed by atoms with van der Waals surface area (Å²) in [7, 11) is -1.73. The van der Waals surface area contributed by atoms with Gasteiger partial charge in [-0.15, -0.1) is 0 Å². The number of benzene rings is 2. The van der Waals surface area contributed by atoms with Crippen molar-refractivity contribution in [2.24, 2.45) is 0 Å². The maximum atomic E-state index is 13.7. The lowest BCUT2D eigenvalue weighted by Gasteiger charge is -2.09. The molecule has 0 fully saturated rings. The Balaban J connectivity index is 2.41. The molecule has 110 valence electrons. The molecule has 1 unspecified atom stereocenters. The van der Waals surface area contributed by atoms with Crippen LogP contribution < -0.4 is 0 Å². The van der Waals surface area contributed by atoms with Crippen LogP contribution in [0, 0.1) is 5.82 Å². The summed E-state index contributed by atoms with van der Waals surface area (Å²) in [5.74, 6) is -1.95. The molecule has 0 aliphatic carbocycles. The summed E-state index contributed by atoms with van der Waals surface area (Å²) in [6.45, 7) is 0. The van der Waals surface area contributed by atoms with E-state index in [-0.39, 0.29) is 26.8 Å². The molecule has 1 N–H and O–H groups in total. The van der Waals surface area contributed by atoms with Gasteiger partial charge in [0, 0.05) is 15.1 Å². The molecule has 0 bridgehead atoms. The summed E-state index contributed by atoms with van der Waals surface area (Å²) in [5.41, 5.74) is 0.0257. The van der Waals surface area contributed by atoms with E-state index < -0.39 is 22.6 Å². The van der Waals surface area contributed by atoms with Gasteiger partial charge in [-0.3, -0.25) is 4.21 Å². The lowest BCUT2D eigenvalue weighted by Crippen LogP contribution is -2.07. The molecule has 21 heavy (non-hydrogen) atoms. The van der Waals surface area contributed by atoms with Gasteiger partial charge in [-0.1, -0.05) is 33.6 Å². The third kappa shape index (κ3) is 3.70. The van der Waals surface area contributed by atoms with Gasteiger partial charge < -0.3 is 5.11 Å². The Bertz CT molecular complexity index is 716. The number of carboxylic acid groups (broad SMARTS) is 1. The number of carbonyl (C=O) groups is 1. The van der Waals surface area contributed by atoms with Gasteiger partial charge in [0.05, 0.1) is 27.0 Å². The Hall–Kier alpha value is -1.24. The standard InChI is InChI=1S/C14H9BrClFO3S/c15-8-4-5-9(14(18)19)13(6-8)21(20)7-10-11(16)2-1-3-12(10)17/h1-6H,7H2,(H,18,19). The van der Waals surface area contributed by atoms with Crippen molar-refractivity contribution >= 4 is 44.3 Å². The highest BCUT2D eigenvalue weighted by molar-refractivity contribution is 9.10. The summed E-state index contributed by atoms with van der Waals surface area (Å²) in [6.07, 6.45) is 0. The van der Waals surface area contributed by atoms with Crippen LogP contribution in [0.4, 0.5) is 4.39 Å². The number of carboxylic acids is 1. The molecular formula is C14H9BrClFO3S. The van der Waals surface area contributed by atoms with Gasteiger partial charge in [-0.25, -0.2) is 9.18 Å². The van der Waals surface area contributed by atoms with E-state index in [1.54, 1.807) is 6.07 Å². The van der Waals surface area contributed by atoms with E-state index in [0.29, 0.717) is 4.47 Å². The van der Waals surface area contributed by atoms with Crippen molar-refractivity contribution in [1.82, 2.24) is 0 Å². The second kappa shape index (κ2) is 6.68. The van der Waals surface area contributed by atoms with E-state index >= 15 is 0 Å². The lowest BCUT2D eigenvalue weighted by atomic mass is 10.2. The SMILES string of the molecule is O=C(O)c1ccc(Br)cc1S(=O)Cc1c(F)cccc1Cl. The number of halogens is 3. The first-order chi connectivity index (χ1) is 9.90. The van der Waals surface area contributed by atoms with Crippen molar-refractivity contribution in [3.8, 4) is 0 Å². The summed E-state index contributed by atoms with van der Waals surface area (Å²) in [5, 5.41) is 9.29. The van der Waals surface area contributed by atoms with Crippen LogP contribution in [-0.4, -0.2) is 15.3 Å². The average molecular weight is 392 g/mol. The maximum Gasteiger partial charge on any atom is 0.336 e. The fourth-order valence-corrected chi connectivity index (χ4v) is 3.93. The van der Waals surface area contributed by atoms with Gasteiger partial charge in [0.1, 0.15) is 5.82 Å². The quantitative estimate of drug-likeness (QED) is 0.848. The second-order valence-corrected chi connectivity index (χ2v) is 6.88. The maximum absolute atomic E-state index is 13.7. The summed E-state index contributed by atoms with van der Waals surface area (Å²) in [6, 6.07) is 8.51. The third-order valence-corrected chi connectivity index (χ3v) is 4.98. The predicted octanol–water partition coefficient (Wildman–Crippen LogP) is 4.25. The zero-order valence-electron chi connectivity index (χ0n) is 10.5. The minimum absolute atomic E-state index is 0.0796. The van der Waals surface area contributed by atoms with E-state index in [2.05, 4.69) is 15.9 Å². The molecule has 0 saturated carbocycles. The van der Waals surface area contributed by atoms with E-state index in [0.717, 1.165) is 0 Å². The molecule has 0 radical (unpaired) electrons. The minimum Gasteiger partial charge on any atom is -0.478 e. The van der Waals surface area contributed by atoms with Gasteiger partial charge >= 0.3 is 5.97 Å². The van der Waals surface area contributed by atoms with Crippen LogP contribution >= 0.6 is 27.5 Å². The molecule has 0 amide bonds. The predicted molar refractivity (Wildman–Crippen MR) is 82.6 cm³/mol. The third-order valence-electron chi connectivity index (χ3n) is 2.76. The zero-order valence-corrected chi connectivity index (χ0v) is 13.6. The number of aromatic carboxylic acids is 1. The summed E-state index contributed by atoms with van der Waals surface area (Å²) < 4.78 is 26.7. The number of hydrogen-bond donors (Lipinski definition) is 1. The number of hydrogen-bond acceptors (Lipinski definition) is 2. The topological polar surface area (TPSA) is 54.4 Å². The first-order valence-electron chi connectivity index (χ1n) is 5.74. The van der Waals surface area contributed by atoms with Crippen LogP contribution in [0.1, 0.15) is 15.9 Å². The summed E-state index contributed by atoms with van der Waals surface area (Å²) in [4.78, 5) is 11.3. The molecule has 0 aliphatic heterocycles. The molecule has 0 heterocycles. The summed E-state index contributed by atoms with van der Waals surface area (Å²) >= 11 is 9.10. The van der Waals surface area contributed by atoms with Crippen LogP contribution in [-0.2, 0) is 16.6 Å². The van der Waals surface area contributed by atoms with Crippen molar-refractivity contribution in [3.63, 3.8) is 0 Å². The Morgan fingerprint density at radius 1 is 1.33 bits per heavy atom. The van der Waals surface area contributed by atoms with Crippen LogP contribution in [0.5, 0.6) is 0 Å². The fourth-order valence-electron chi connectivity index (χ4n) is 1.74. The van der Waals surface area contributed by atoms with Crippen LogP contribution in [0.2, 0.25) is 5.02 Å². The Morgan fingerprint density at radius 2 is 2.05 bits per heavy atom. The van der Waals surface area contributed by atoms with Gasteiger partial charge in [0.2, 0.25) is 0 Å². The highest BCUT2D eigenvalue weighted by atomic mass is 79.9. The van der Waals surface area contributed by atoms with Crippen LogP contribution in [0.3, 0.4) is 0 Å². The molecule has 3 nitrogen and oxygen atoms in total. The van der Waals surface area contributed by atoms with Gasteiger partial charge in [0.15, 0.2) is 0 Å². The van der Waals surface area contributed by atoms with Crippen molar-refractivity contribution in [3.05, 3.63) is 62.8 Å². The molecule has 0 saturated heterocycles. The normalized spacial score (nSPS) is 12.1. The van der Waals surface area contributed by atoms with Crippen molar-refractivity contribution in [2.45, 2.75) is 10.6 Å². The molecular weight excluding hydrogens is 383 g/mol. The van der Waals surface area contributed by atoms with Crippen LogP contribution in [0.25, 0.3) is 0 Å². The minimum atomic E-state index is -1.73. The molecule has 2 rings (SSSR count). The molecule has 1 atom stereocenters. The van der Waals surface area contributed by atoms with Gasteiger partial charge in [0.25, 0.3) is 0 Å². The highest BCUT2D eigenvalue weighted by Gasteiger charge is 2.18. The largest absolute Gasteiger partial charge is 0.478 e. The lowest BCUT2D eigenvalue weighted by molar-refractivity contribution is 0.0693.